The molecular weight excluding hydrogens is 340 g/mol. The Morgan fingerprint density at radius 1 is 1.28 bits per heavy atom. The van der Waals surface area contributed by atoms with Gasteiger partial charge >= 0.3 is 5.97 Å². The van der Waals surface area contributed by atoms with Crippen molar-refractivity contribution < 1.29 is 14.3 Å². The summed E-state index contributed by atoms with van der Waals surface area (Å²) in [5.41, 5.74) is 0.234. The van der Waals surface area contributed by atoms with Crippen molar-refractivity contribution in [2.45, 2.75) is 25.9 Å². The normalized spacial score (nSPS) is 10.7. The van der Waals surface area contributed by atoms with Crippen molar-refractivity contribution in [2.75, 3.05) is 19.5 Å². The van der Waals surface area contributed by atoms with Crippen LogP contribution in [-0.4, -0.2) is 45.6 Å². The minimum atomic E-state index is -0.521. The fraction of sp³-hybridized carbons (Fsp3) is 0.412. The number of carbonyl (C=O) groups excluding carboxylic acids is 1. The molecule has 132 valence electrons. The number of aromatic nitrogens is 4. The van der Waals surface area contributed by atoms with Crippen molar-refractivity contribution in [2.24, 2.45) is 5.41 Å². The number of benzene rings is 1. The highest BCUT2D eigenvalue weighted by atomic mass is 32.2. The molecular formula is C17H20N4O3S. The molecule has 0 bridgehead atoms. The Kier molecular flexibility index (Phi) is 6.42. The molecule has 25 heavy (non-hydrogen) atoms. The van der Waals surface area contributed by atoms with Gasteiger partial charge in [-0.25, -0.2) is 0 Å². The highest BCUT2D eigenvalue weighted by Gasteiger charge is 2.22. The summed E-state index contributed by atoms with van der Waals surface area (Å²) >= 11 is 1.39. The number of para-hydroxylation sites is 2. The van der Waals surface area contributed by atoms with E-state index in [1.807, 2.05) is 24.3 Å². The molecule has 0 amide bonds. The lowest BCUT2D eigenvalue weighted by Gasteiger charge is -2.14. The number of hydrogen-bond donors (Lipinski definition) is 0. The fourth-order valence-corrected chi connectivity index (χ4v) is 2.40. The van der Waals surface area contributed by atoms with Gasteiger partial charge in [-0.3, -0.25) is 4.79 Å². The number of carbonyl (C=O) groups is 1. The number of rotatable bonds is 5. The molecule has 0 radical (unpaired) electrons. The van der Waals surface area contributed by atoms with Gasteiger partial charge in [0, 0.05) is 0 Å². The number of hydrogen-bond acceptors (Lipinski definition) is 7. The van der Waals surface area contributed by atoms with Crippen LogP contribution in [0.25, 0.3) is 5.69 Å². The molecule has 0 aliphatic heterocycles. The number of esters is 1. The monoisotopic (exact) mass is 360 g/mol. The van der Waals surface area contributed by atoms with E-state index in [2.05, 4.69) is 27.4 Å². The van der Waals surface area contributed by atoms with Gasteiger partial charge in [0.25, 0.3) is 0 Å². The van der Waals surface area contributed by atoms with E-state index in [9.17, 15) is 4.79 Å². The van der Waals surface area contributed by atoms with Crippen LogP contribution in [0.15, 0.2) is 29.4 Å². The topological polar surface area (TPSA) is 79.1 Å². The van der Waals surface area contributed by atoms with E-state index in [0.717, 1.165) is 5.69 Å². The second-order valence-electron chi connectivity index (χ2n) is 6.01. The highest BCUT2D eigenvalue weighted by Crippen LogP contribution is 2.25. The van der Waals surface area contributed by atoms with E-state index in [-0.39, 0.29) is 12.6 Å². The van der Waals surface area contributed by atoms with Gasteiger partial charge in [0.2, 0.25) is 5.16 Å². The summed E-state index contributed by atoms with van der Waals surface area (Å²) in [5.74, 6) is 6.63. The third-order valence-corrected chi connectivity index (χ3v) is 3.84. The minimum absolute atomic E-state index is 0.0775. The summed E-state index contributed by atoms with van der Waals surface area (Å²) in [6, 6.07) is 7.48. The lowest BCUT2D eigenvalue weighted by atomic mass is 9.97. The number of thioether (sulfide) groups is 1. The molecule has 2 rings (SSSR count). The molecule has 0 aliphatic rings. The van der Waals surface area contributed by atoms with Crippen molar-refractivity contribution in [3.8, 4) is 23.3 Å². The maximum absolute atomic E-state index is 11.6. The van der Waals surface area contributed by atoms with Gasteiger partial charge in [-0.15, -0.1) is 5.10 Å². The van der Waals surface area contributed by atoms with Crippen LogP contribution in [0.1, 0.15) is 20.8 Å². The van der Waals surface area contributed by atoms with Crippen LogP contribution < -0.4 is 4.74 Å². The van der Waals surface area contributed by atoms with Crippen LogP contribution in [0.5, 0.6) is 5.75 Å². The summed E-state index contributed by atoms with van der Waals surface area (Å²) in [6.45, 7) is 5.48. The summed E-state index contributed by atoms with van der Waals surface area (Å²) in [4.78, 5) is 11.6. The van der Waals surface area contributed by atoms with Crippen LogP contribution in [0.4, 0.5) is 0 Å². The SMILES string of the molecule is COc1ccccc1-n1nnnc1SCC#CCOC(=O)C(C)(C)C. The highest BCUT2D eigenvalue weighted by molar-refractivity contribution is 7.99. The van der Waals surface area contributed by atoms with Gasteiger partial charge in [-0.1, -0.05) is 35.7 Å². The molecule has 0 saturated heterocycles. The zero-order chi connectivity index (χ0) is 18.3. The molecule has 0 fully saturated rings. The zero-order valence-electron chi connectivity index (χ0n) is 14.6. The Hall–Kier alpha value is -2.53. The molecule has 0 spiro atoms. The first kappa shape index (κ1) is 18.8. The van der Waals surface area contributed by atoms with Crippen LogP contribution in [0, 0.1) is 17.3 Å². The lowest BCUT2D eigenvalue weighted by Crippen LogP contribution is -2.22. The standard InChI is InChI=1S/C17H20N4O3S/c1-17(2,3)15(22)24-11-7-8-12-25-16-18-19-20-21(16)13-9-5-6-10-14(13)23-4/h5-6,9-10H,11-12H2,1-4H3. The van der Waals surface area contributed by atoms with Crippen LogP contribution >= 0.6 is 11.8 Å². The fourth-order valence-electron chi connectivity index (χ4n) is 1.75. The predicted molar refractivity (Wildman–Crippen MR) is 94.6 cm³/mol. The summed E-state index contributed by atoms with van der Waals surface area (Å²) < 4.78 is 12.0. The molecule has 0 unspecified atom stereocenters. The first-order valence-electron chi connectivity index (χ1n) is 7.61. The van der Waals surface area contributed by atoms with Crippen molar-refractivity contribution in [1.29, 1.82) is 0 Å². The van der Waals surface area contributed by atoms with E-state index in [1.165, 1.54) is 11.8 Å². The van der Waals surface area contributed by atoms with E-state index in [4.69, 9.17) is 9.47 Å². The van der Waals surface area contributed by atoms with Crippen molar-refractivity contribution in [1.82, 2.24) is 20.2 Å². The van der Waals surface area contributed by atoms with E-state index < -0.39 is 5.41 Å². The van der Waals surface area contributed by atoms with Crippen LogP contribution in [0.3, 0.4) is 0 Å². The second kappa shape index (κ2) is 8.53. The van der Waals surface area contributed by atoms with Gasteiger partial charge in [0.1, 0.15) is 11.4 Å². The van der Waals surface area contributed by atoms with E-state index in [1.54, 1.807) is 32.6 Å². The molecule has 8 heteroatoms. The van der Waals surface area contributed by atoms with Crippen molar-refractivity contribution in [3.05, 3.63) is 24.3 Å². The minimum Gasteiger partial charge on any atom is -0.494 e. The Morgan fingerprint density at radius 3 is 2.76 bits per heavy atom. The third-order valence-electron chi connectivity index (χ3n) is 3.04. The Bertz CT molecular complexity index is 787. The number of ether oxygens (including phenoxy) is 2. The molecule has 0 aliphatic carbocycles. The van der Waals surface area contributed by atoms with Gasteiger partial charge in [0.05, 0.1) is 18.3 Å². The van der Waals surface area contributed by atoms with Gasteiger partial charge in [0.15, 0.2) is 6.61 Å². The Labute approximate surface area is 151 Å². The van der Waals surface area contributed by atoms with Crippen LogP contribution in [0.2, 0.25) is 0 Å². The molecule has 0 saturated carbocycles. The number of nitrogens with zero attached hydrogens (tertiary/aromatic N) is 4. The average Bonchev–Trinajstić information content (AvgIpc) is 3.05. The summed E-state index contributed by atoms with van der Waals surface area (Å²) in [7, 11) is 1.60. The van der Waals surface area contributed by atoms with Crippen LogP contribution in [-0.2, 0) is 9.53 Å². The second-order valence-corrected chi connectivity index (χ2v) is 6.96. The Morgan fingerprint density at radius 2 is 2.04 bits per heavy atom. The molecule has 1 heterocycles. The molecule has 2 aromatic rings. The zero-order valence-corrected chi connectivity index (χ0v) is 15.5. The van der Waals surface area contributed by atoms with Crippen molar-refractivity contribution >= 4 is 17.7 Å². The largest absolute Gasteiger partial charge is 0.494 e. The molecule has 0 N–H and O–H groups in total. The number of tetrazole rings is 1. The quantitative estimate of drug-likeness (QED) is 0.460. The maximum Gasteiger partial charge on any atom is 0.312 e. The molecule has 7 nitrogen and oxygen atoms in total. The molecule has 1 aromatic heterocycles. The average molecular weight is 360 g/mol. The summed E-state index contributed by atoms with van der Waals surface area (Å²) in [5, 5.41) is 12.3. The van der Waals surface area contributed by atoms with E-state index >= 15 is 0 Å². The molecule has 1 aromatic carbocycles. The lowest BCUT2D eigenvalue weighted by molar-refractivity contribution is -0.151. The predicted octanol–water partition coefficient (Wildman–Crippen LogP) is 2.36. The third kappa shape index (κ3) is 5.22. The first-order chi connectivity index (χ1) is 11.9. The molecule has 0 atom stereocenters. The van der Waals surface area contributed by atoms with Gasteiger partial charge < -0.3 is 9.47 Å². The summed E-state index contributed by atoms with van der Waals surface area (Å²) in [6.07, 6.45) is 0. The first-order valence-corrected chi connectivity index (χ1v) is 8.59. The smallest absolute Gasteiger partial charge is 0.312 e. The van der Waals surface area contributed by atoms with Gasteiger partial charge in [-0.2, -0.15) is 4.68 Å². The maximum atomic E-state index is 11.6. The Balaban J connectivity index is 1.93. The van der Waals surface area contributed by atoms with Crippen molar-refractivity contribution in [3.63, 3.8) is 0 Å². The van der Waals surface area contributed by atoms with Gasteiger partial charge in [-0.05, 0) is 43.3 Å². The van der Waals surface area contributed by atoms with E-state index in [0.29, 0.717) is 16.7 Å². The number of methoxy groups -OCH3 is 1.